The molecule has 0 aliphatic heterocycles. The van der Waals surface area contributed by atoms with E-state index in [0.717, 1.165) is 12.0 Å². The molecule has 1 aromatic carbocycles. The largest absolute Gasteiger partial charge is 0.342 e. The third kappa shape index (κ3) is 2.92. The number of carbonyl (C=O) groups is 1. The predicted octanol–water partition coefficient (Wildman–Crippen LogP) is 4.74. The first-order valence-corrected chi connectivity index (χ1v) is 8.46. The van der Waals surface area contributed by atoms with Gasteiger partial charge in [0.2, 0.25) is 0 Å². The summed E-state index contributed by atoms with van der Waals surface area (Å²) in [6.45, 7) is 6.30. The van der Waals surface area contributed by atoms with Gasteiger partial charge in [-0.25, -0.2) is 8.78 Å². The molecule has 1 aliphatic rings. The van der Waals surface area contributed by atoms with E-state index in [4.69, 9.17) is 0 Å². The van der Waals surface area contributed by atoms with Crippen molar-refractivity contribution in [1.29, 1.82) is 0 Å². The molecule has 0 spiro atoms. The van der Waals surface area contributed by atoms with Gasteiger partial charge in [-0.2, -0.15) is 0 Å². The van der Waals surface area contributed by atoms with E-state index in [1.807, 2.05) is 25.1 Å². The van der Waals surface area contributed by atoms with Gasteiger partial charge < -0.3 is 5.32 Å². The molecule has 1 N–H and O–H groups in total. The minimum atomic E-state index is -2.79. The number of nitrogens with zero attached hydrogens (tertiary/aromatic N) is 1. The van der Waals surface area contributed by atoms with Crippen molar-refractivity contribution in [1.82, 2.24) is 10.3 Å². The molecule has 0 saturated heterocycles. The monoisotopic (exact) mass is 344 g/mol. The standard InChI is InChI=1S/C20H22F2N2O/c1-4-20(12-19(2,3)14-9-5-6-10-15(14)20)24-18(25)13-8-7-11-23-16(13)17(21)22/h5-11,17H,4,12H2,1-3H3,(H,24,25)/t20-/m0/s1. The first-order chi connectivity index (χ1) is 11.8. The number of halogens is 2. The van der Waals surface area contributed by atoms with Crippen LogP contribution < -0.4 is 5.32 Å². The van der Waals surface area contributed by atoms with Gasteiger partial charge >= 0.3 is 0 Å². The second-order valence-electron chi connectivity index (χ2n) is 7.23. The fourth-order valence-electron chi connectivity index (χ4n) is 4.02. The third-order valence-electron chi connectivity index (χ3n) is 5.16. The van der Waals surface area contributed by atoms with Crippen molar-refractivity contribution < 1.29 is 13.6 Å². The Kier molecular flexibility index (Phi) is 4.35. The summed E-state index contributed by atoms with van der Waals surface area (Å²) in [5.41, 5.74) is 1.06. The zero-order valence-corrected chi connectivity index (χ0v) is 14.6. The summed E-state index contributed by atoms with van der Waals surface area (Å²) in [5.74, 6) is -0.502. The lowest BCUT2D eigenvalue weighted by molar-refractivity contribution is 0.0869. The Bertz CT molecular complexity index is 804. The smallest absolute Gasteiger partial charge is 0.281 e. The maximum atomic E-state index is 13.2. The van der Waals surface area contributed by atoms with Crippen LogP contribution in [-0.4, -0.2) is 10.9 Å². The van der Waals surface area contributed by atoms with Gasteiger partial charge in [0.1, 0.15) is 5.69 Å². The van der Waals surface area contributed by atoms with Crippen molar-refractivity contribution in [2.24, 2.45) is 0 Å². The molecule has 1 heterocycles. The summed E-state index contributed by atoms with van der Waals surface area (Å²) in [6, 6.07) is 10.9. The Morgan fingerprint density at radius 1 is 1.20 bits per heavy atom. The summed E-state index contributed by atoms with van der Waals surface area (Å²) in [5, 5.41) is 3.05. The quantitative estimate of drug-likeness (QED) is 0.871. The number of benzene rings is 1. The number of hydrogen-bond donors (Lipinski definition) is 1. The number of hydrogen-bond acceptors (Lipinski definition) is 2. The summed E-state index contributed by atoms with van der Waals surface area (Å²) < 4.78 is 26.4. The Hall–Kier alpha value is -2.30. The molecule has 0 radical (unpaired) electrons. The lowest BCUT2D eigenvalue weighted by atomic mass is 9.83. The van der Waals surface area contributed by atoms with Crippen LogP contribution in [0.5, 0.6) is 0 Å². The maximum Gasteiger partial charge on any atom is 0.281 e. The summed E-state index contributed by atoms with van der Waals surface area (Å²) in [6.07, 6.45) is -0.0937. The van der Waals surface area contributed by atoms with Crippen LogP contribution >= 0.6 is 0 Å². The summed E-state index contributed by atoms with van der Waals surface area (Å²) in [7, 11) is 0. The molecule has 1 amide bonds. The Morgan fingerprint density at radius 3 is 2.52 bits per heavy atom. The first kappa shape index (κ1) is 17.5. The molecule has 0 saturated carbocycles. The third-order valence-corrected chi connectivity index (χ3v) is 5.16. The fourth-order valence-corrected chi connectivity index (χ4v) is 4.02. The van der Waals surface area contributed by atoms with Gasteiger partial charge in [0.25, 0.3) is 12.3 Å². The number of carbonyl (C=O) groups excluding carboxylic acids is 1. The summed E-state index contributed by atoms with van der Waals surface area (Å²) >= 11 is 0. The van der Waals surface area contributed by atoms with E-state index in [1.165, 1.54) is 23.9 Å². The second-order valence-corrected chi connectivity index (χ2v) is 7.23. The van der Waals surface area contributed by atoms with Gasteiger partial charge in [0, 0.05) is 6.20 Å². The van der Waals surface area contributed by atoms with Gasteiger partial charge in [0.05, 0.1) is 11.1 Å². The Balaban J connectivity index is 2.01. The topological polar surface area (TPSA) is 42.0 Å². The van der Waals surface area contributed by atoms with Gasteiger partial charge in [-0.3, -0.25) is 9.78 Å². The number of rotatable bonds is 4. The molecule has 1 aliphatic carbocycles. The molecular formula is C20H22F2N2O. The average molecular weight is 344 g/mol. The minimum absolute atomic E-state index is 0.0625. The van der Waals surface area contributed by atoms with Crippen LogP contribution in [0.4, 0.5) is 8.78 Å². The van der Waals surface area contributed by atoms with Crippen LogP contribution in [0.15, 0.2) is 42.6 Å². The number of aromatic nitrogens is 1. The van der Waals surface area contributed by atoms with Gasteiger partial charge in [0.15, 0.2) is 0 Å². The fraction of sp³-hybridized carbons (Fsp3) is 0.400. The lowest BCUT2D eigenvalue weighted by Crippen LogP contribution is -2.45. The molecule has 3 rings (SSSR count). The predicted molar refractivity (Wildman–Crippen MR) is 92.7 cm³/mol. The lowest BCUT2D eigenvalue weighted by Gasteiger charge is -2.32. The molecule has 1 atom stereocenters. The highest BCUT2D eigenvalue weighted by molar-refractivity contribution is 5.96. The molecule has 25 heavy (non-hydrogen) atoms. The van der Waals surface area contributed by atoms with Crippen molar-refractivity contribution >= 4 is 5.91 Å². The zero-order valence-electron chi connectivity index (χ0n) is 14.6. The highest BCUT2D eigenvalue weighted by Gasteiger charge is 2.47. The molecule has 132 valence electrons. The van der Waals surface area contributed by atoms with E-state index in [0.29, 0.717) is 6.42 Å². The van der Waals surface area contributed by atoms with Gasteiger partial charge in [-0.15, -0.1) is 0 Å². The number of alkyl halides is 2. The molecule has 3 nitrogen and oxygen atoms in total. The average Bonchev–Trinajstić information content (AvgIpc) is 2.83. The van der Waals surface area contributed by atoms with E-state index >= 15 is 0 Å². The molecule has 1 aromatic heterocycles. The van der Waals surface area contributed by atoms with Crippen molar-refractivity contribution in [3.63, 3.8) is 0 Å². The van der Waals surface area contributed by atoms with E-state index in [2.05, 4.69) is 30.2 Å². The zero-order chi connectivity index (χ0) is 18.2. The molecule has 0 bridgehead atoms. The summed E-state index contributed by atoms with van der Waals surface area (Å²) in [4.78, 5) is 16.5. The van der Waals surface area contributed by atoms with Gasteiger partial charge in [-0.1, -0.05) is 45.0 Å². The normalized spacial score (nSPS) is 21.2. The molecule has 2 aromatic rings. The highest BCUT2D eigenvalue weighted by atomic mass is 19.3. The van der Waals surface area contributed by atoms with Crippen LogP contribution in [0.3, 0.4) is 0 Å². The molecule has 0 fully saturated rings. The SMILES string of the molecule is CC[C@]1(NC(=O)c2cccnc2C(F)F)CC(C)(C)c2ccccc21. The second kappa shape index (κ2) is 6.21. The first-order valence-electron chi connectivity index (χ1n) is 8.46. The van der Waals surface area contributed by atoms with Gasteiger partial charge in [-0.05, 0) is 41.5 Å². The van der Waals surface area contributed by atoms with Crippen LogP contribution in [0.2, 0.25) is 0 Å². The Labute approximate surface area is 146 Å². The Morgan fingerprint density at radius 2 is 1.88 bits per heavy atom. The number of amides is 1. The molecule has 5 heteroatoms. The van der Waals surface area contributed by atoms with Crippen molar-refractivity contribution in [2.45, 2.75) is 51.0 Å². The van der Waals surface area contributed by atoms with Crippen LogP contribution in [0.25, 0.3) is 0 Å². The van der Waals surface area contributed by atoms with E-state index < -0.39 is 23.6 Å². The van der Waals surface area contributed by atoms with E-state index in [9.17, 15) is 13.6 Å². The van der Waals surface area contributed by atoms with Crippen LogP contribution in [0, 0.1) is 0 Å². The van der Waals surface area contributed by atoms with E-state index in [1.54, 1.807) is 0 Å². The van der Waals surface area contributed by atoms with Crippen molar-refractivity contribution in [3.8, 4) is 0 Å². The minimum Gasteiger partial charge on any atom is -0.342 e. The van der Waals surface area contributed by atoms with Crippen LogP contribution in [0.1, 0.15) is 67.2 Å². The number of pyridine rings is 1. The number of nitrogens with one attached hydrogen (secondary N) is 1. The highest BCUT2D eigenvalue weighted by Crippen LogP contribution is 2.49. The van der Waals surface area contributed by atoms with E-state index in [-0.39, 0.29) is 11.0 Å². The maximum absolute atomic E-state index is 13.2. The van der Waals surface area contributed by atoms with Crippen molar-refractivity contribution in [3.05, 3.63) is 65.0 Å². The number of fused-ring (bicyclic) bond motifs is 1. The molecule has 0 unspecified atom stereocenters. The van der Waals surface area contributed by atoms with Crippen molar-refractivity contribution in [2.75, 3.05) is 0 Å². The van der Waals surface area contributed by atoms with Crippen LogP contribution in [-0.2, 0) is 11.0 Å². The molecular weight excluding hydrogens is 322 g/mol.